The Hall–Kier alpha value is -1.42. The van der Waals surface area contributed by atoms with Gasteiger partial charge in [0.15, 0.2) is 0 Å². The zero-order chi connectivity index (χ0) is 15.7. The summed E-state index contributed by atoms with van der Waals surface area (Å²) < 4.78 is 26.6. The van der Waals surface area contributed by atoms with Crippen LogP contribution in [-0.4, -0.2) is 39.5 Å². The third kappa shape index (κ3) is 6.25. The number of nitrogens with one attached hydrogen (secondary N) is 1. The standard InChI is InChI=1S/C15H23N3O2S/c1-3-18(4-2)11-7-10-17-21(19,20)13-15-9-6-5-8-14(15)12-16/h5-6,8-9,17H,3-4,7,10-11,13H2,1-2H3. The smallest absolute Gasteiger partial charge is 0.215 e. The van der Waals surface area contributed by atoms with E-state index < -0.39 is 10.0 Å². The maximum absolute atomic E-state index is 12.0. The lowest BCUT2D eigenvalue weighted by molar-refractivity contribution is 0.300. The summed E-state index contributed by atoms with van der Waals surface area (Å²) in [6.45, 7) is 7.43. The highest BCUT2D eigenvalue weighted by molar-refractivity contribution is 7.88. The van der Waals surface area contributed by atoms with Gasteiger partial charge in [0.2, 0.25) is 10.0 Å². The van der Waals surface area contributed by atoms with E-state index in [9.17, 15) is 8.42 Å². The lowest BCUT2D eigenvalue weighted by Crippen LogP contribution is -2.30. The fourth-order valence-corrected chi connectivity index (χ4v) is 3.30. The summed E-state index contributed by atoms with van der Waals surface area (Å²) in [6, 6.07) is 8.79. The SMILES string of the molecule is CCN(CC)CCCNS(=O)(=O)Cc1ccccc1C#N. The van der Waals surface area contributed by atoms with Crippen LogP contribution < -0.4 is 4.72 Å². The van der Waals surface area contributed by atoms with Gasteiger partial charge in [-0.25, -0.2) is 13.1 Å². The summed E-state index contributed by atoms with van der Waals surface area (Å²) >= 11 is 0. The van der Waals surface area contributed by atoms with Crippen molar-refractivity contribution in [2.45, 2.75) is 26.0 Å². The molecule has 0 unspecified atom stereocenters. The van der Waals surface area contributed by atoms with Crippen LogP contribution in [0.25, 0.3) is 0 Å². The summed E-state index contributed by atoms with van der Waals surface area (Å²) in [6.07, 6.45) is 0.779. The molecular formula is C15H23N3O2S. The first kappa shape index (κ1) is 17.6. The van der Waals surface area contributed by atoms with Crippen molar-refractivity contribution in [2.75, 3.05) is 26.2 Å². The molecule has 0 aliphatic rings. The zero-order valence-corrected chi connectivity index (χ0v) is 13.5. The van der Waals surface area contributed by atoms with Gasteiger partial charge in [-0.1, -0.05) is 32.0 Å². The van der Waals surface area contributed by atoms with Gasteiger partial charge >= 0.3 is 0 Å². The molecule has 0 saturated heterocycles. The second-order valence-corrected chi connectivity index (χ2v) is 6.61. The molecule has 1 aromatic rings. The average molecular weight is 309 g/mol. The molecule has 0 saturated carbocycles. The van der Waals surface area contributed by atoms with Crippen molar-refractivity contribution in [3.63, 3.8) is 0 Å². The molecule has 0 spiro atoms. The van der Waals surface area contributed by atoms with E-state index in [1.807, 2.05) is 6.07 Å². The molecule has 0 heterocycles. The van der Waals surface area contributed by atoms with Crippen molar-refractivity contribution in [2.24, 2.45) is 0 Å². The van der Waals surface area contributed by atoms with E-state index >= 15 is 0 Å². The van der Waals surface area contributed by atoms with Gasteiger partial charge < -0.3 is 4.90 Å². The van der Waals surface area contributed by atoms with Crippen molar-refractivity contribution in [1.29, 1.82) is 5.26 Å². The number of hydrogen-bond donors (Lipinski definition) is 1. The molecule has 1 rings (SSSR count). The third-order valence-electron chi connectivity index (χ3n) is 3.35. The van der Waals surface area contributed by atoms with Crippen LogP contribution in [0.5, 0.6) is 0 Å². The Morgan fingerprint density at radius 3 is 2.52 bits per heavy atom. The molecule has 116 valence electrons. The molecule has 0 atom stereocenters. The Balaban J connectivity index is 2.49. The minimum atomic E-state index is -3.40. The Bertz CT molecular complexity index is 575. The molecule has 0 aromatic heterocycles. The molecule has 0 radical (unpaired) electrons. The normalized spacial score (nSPS) is 11.5. The molecule has 6 heteroatoms. The highest BCUT2D eigenvalue weighted by atomic mass is 32.2. The van der Waals surface area contributed by atoms with Crippen LogP contribution in [0.2, 0.25) is 0 Å². The first-order valence-electron chi connectivity index (χ1n) is 7.20. The first-order valence-corrected chi connectivity index (χ1v) is 8.85. The van der Waals surface area contributed by atoms with Gasteiger partial charge in [0.1, 0.15) is 0 Å². The van der Waals surface area contributed by atoms with E-state index in [-0.39, 0.29) is 5.75 Å². The first-order chi connectivity index (χ1) is 10.0. The molecule has 0 bridgehead atoms. The average Bonchev–Trinajstić information content (AvgIpc) is 2.47. The summed E-state index contributed by atoms with van der Waals surface area (Å²) in [7, 11) is -3.40. The van der Waals surface area contributed by atoms with Crippen LogP contribution in [0.15, 0.2) is 24.3 Å². The topological polar surface area (TPSA) is 73.2 Å². The Labute approximate surface area is 127 Å². The highest BCUT2D eigenvalue weighted by Gasteiger charge is 2.13. The fourth-order valence-electron chi connectivity index (χ4n) is 2.08. The van der Waals surface area contributed by atoms with Crippen LogP contribution in [0.1, 0.15) is 31.4 Å². The van der Waals surface area contributed by atoms with Crippen LogP contribution >= 0.6 is 0 Å². The number of nitriles is 1. The zero-order valence-electron chi connectivity index (χ0n) is 12.7. The van der Waals surface area contributed by atoms with E-state index in [0.717, 1.165) is 26.1 Å². The van der Waals surface area contributed by atoms with E-state index in [0.29, 0.717) is 17.7 Å². The number of nitrogens with zero attached hydrogens (tertiary/aromatic N) is 2. The number of sulfonamides is 1. The fraction of sp³-hybridized carbons (Fsp3) is 0.533. The van der Waals surface area contributed by atoms with Gasteiger partial charge in [-0.05, 0) is 37.7 Å². The predicted octanol–water partition coefficient (Wildman–Crippen LogP) is 1.71. The van der Waals surface area contributed by atoms with Gasteiger partial charge in [-0.2, -0.15) is 5.26 Å². The number of rotatable bonds is 9. The maximum atomic E-state index is 12.0. The molecule has 5 nitrogen and oxygen atoms in total. The molecule has 1 aromatic carbocycles. The van der Waals surface area contributed by atoms with Gasteiger partial charge in [0, 0.05) is 6.54 Å². The van der Waals surface area contributed by atoms with Crippen LogP contribution in [0.4, 0.5) is 0 Å². The Kier molecular flexibility index (Phi) is 7.37. The molecule has 0 amide bonds. The van der Waals surface area contributed by atoms with Crippen molar-refractivity contribution < 1.29 is 8.42 Å². The highest BCUT2D eigenvalue weighted by Crippen LogP contribution is 2.10. The van der Waals surface area contributed by atoms with E-state index in [1.54, 1.807) is 24.3 Å². The van der Waals surface area contributed by atoms with Gasteiger partial charge in [0.05, 0.1) is 17.4 Å². The lowest BCUT2D eigenvalue weighted by atomic mass is 10.1. The summed E-state index contributed by atoms with van der Waals surface area (Å²) in [5.74, 6) is -0.151. The quantitative estimate of drug-likeness (QED) is 0.705. The molecule has 0 aliphatic heterocycles. The minimum Gasteiger partial charge on any atom is -0.304 e. The Morgan fingerprint density at radius 1 is 1.24 bits per heavy atom. The maximum Gasteiger partial charge on any atom is 0.215 e. The van der Waals surface area contributed by atoms with Crippen LogP contribution in [-0.2, 0) is 15.8 Å². The molecule has 1 N–H and O–H groups in total. The van der Waals surface area contributed by atoms with E-state index in [1.165, 1.54) is 0 Å². The van der Waals surface area contributed by atoms with Gasteiger partial charge in [-0.15, -0.1) is 0 Å². The summed E-state index contributed by atoms with van der Waals surface area (Å²) in [4.78, 5) is 2.25. The second kappa shape index (κ2) is 8.78. The monoisotopic (exact) mass is 309 g/mol. The van der Waals surface area contributed by atoms with Crippen molar-refractivity contribution >= 4 is 10.0 Å². The summed E-state index contributed by atoms with van der Waals surface area (Å²) in [5.41, 5.74) is 0.947. The van der Waals surface area contributed by atoms with Crippen molar-refractivity contribution in [3.8, 4) is 6.07 Å². The molecule has 21 heavy (non-hydrogen) atoms. The third-order valence-corrected chi connectivity index (χ3v) is 4.69. The predicted molar refractivity (Wildman–Crippen MR) is 84.2 cm³/mol. The van der Waals surface area contributed by atoms with Gasteiger partial charge in [0.25, 0.3) is 0 Å². The summed E-state index contributed by atoms with van der Waals surface area (Å²) in [5, 5.41) is 8.97. The largest absolute Gasteiger partial charge is 0.304 e. The van der Waals surface area contributed by atoms with Crippen molar-refractivity contribution in [1.82, 2.24) is 9.62 Å². The Morgan fingerprint density at radius 2 is 1.90 bits per heavy atom. The van der Waals surface area contributed by atoms with E-state index in [2.05, 4.69) is 23.5 Å². The van der Waals surface area contributed by atoms with E-state index in [4.69, 9.17) is 5.26 Å². The lowest BCUT2D eigenvalue weighted by Gasteiger charge is -2.17. The second-order valence-electron chi connectivity index (χ2n) is 4.80. The van der Waals surface area contributed by atoms with Gasteiger partial charge in [-0.3, -0.25) is 0 Å². The number of benzene rings is 1. The van der Waals surface area contributed by atoms with Crippen LogP contribution in [0.3, 0.4) is 0 Å². The molecule has 0 aliphatic carbocycles. The minimum absolute atomic E-state index is 0.151. The molecular weight excluding hydrogens is 286 g/mol. The number of hydrogen-bond acceptors (Lipinski definition) is 4. The molecule has 0 fully saturated rings. The van der Waals surface area contributed by atoms with Crippen LogP contribution in [0, 0.1) is 11.3 Å². The van der Waals surface area contributed by atoms with Crippen molar-refractivity contribution in [3.05, 3.63) is 35.4 Å².